The van der Waals surface area contributed by atoms with Crippen LogP contribution in [0.15, 0.2) is 21.1 Å². The molecule has 1 aliphatic heterocycles. The van der Waals surface area contributed by atoms with E-state index < -0.39 is 12.1 Å². The maximum atomic E-state index is 12.6. The number of halogens is 5. The number of aromatic hydroxyl groups is 1. The summed E-state index contributed by atoms with van der Waals surface area (Å²) in [4.78, 5) is 2.01. The van der Waals surface area contributed by atoms with Crippen LogP contribution in [0.5, 0.6) is 5.75 Å². The first-order chi connectivity index (χ1) is 9.27. The van der Waals surface area contributed by atoms with Crippen molar-refractivity contribution in [3.63, 3.8) is 0 Å². The van der Waals surface area contributed by atoms with Gasteiger partial charge in [-0.25, -0.2) is 0 Å². The molecular formula is C13H14Br2F3NO. The molecule has 1 saturated heterocycles. The smallest absolute Gasteiger partial charge is 0.391 e. The van der Waals surface area contributed by atoms with Gasteiger partial charge in [-0.3, -0.25) is 4.90 Å². The summed E-state index contributed by atoms with van der Waals surface area (Å²) in [5.74, 6) is -1.04. The number of piperidine rings is 1. The van der Waals surface area contributed by atoms with Crippen molar-refractivity contribution in [3.8, 4) is 5.75 Å². The van der Waals surface area contributed by atoms with Crippen molar-refractivity contribution in [2.45, 2.75) is 25.6 Å². The third-order valence-electron chi connectivity index (χ3n) is 3.53. The van der Waals surface area contributed by atoms with Crippen LogP contribution in [-0.2, 0) is 6.54 Å². The number of phenols is 1. The van der Waals surface area contributed by atoms with Gasteiger partial charge in [0.05, 0.1) is 14.9 Å². The van der Waals surface area contributed by atoms with Crippen molar-refractivity contribution >= 4 is 31.9 Å². The Kier molecular flexibility index (Phi) is 5.02. The van der Waals surface area contributed by atoms with Crippen molar-refractivity contribution in [1.29, 1.82) is 0 Å². The maximum absolute atomic E-state index is 12.6. The Balaban J connectivity index is 1.96. The monoisotopic (exact) mass is 415 g/mol. The van der Waals surface area contributed by atoms with Gasteiger partial charge in [0, 0.05) is 6.54 Å². The minimum atomic E-state index is -4.07. The first-order valence-electron chi connectivity index (χ1n) is 6.23. The van der Waals surface area contributed by atoms with Gasteiger partial charge in [0.25, 0.3) is 0 Å². The van der Waals surface area contributed by atoms with Gasteiger partial charge >= 0.3 is 6.18 Å². The molecule has 0 aromatic heterocycles. The van der Waals surface area contributed by atoms with Gasteiger partial charge in [-0.1, -0.05) is 0 Å². The molecule has 0 bridgehead atoms. The van der Waals surface area contributed by atoms with Gasteiger partial charge in [0.15, 0.2) is 0 Å². The number of hydrogen-bond donors (Lipinski definition) is 1. The van der Waals surface area contributed by atoms with Crippen LogP contribution in [0.25, 0.3) is 0 Å². The molecule has 0 aliphatic carbocycles. The lowest BCUT2D eigenvalue weighted by atomic mass is 9.96. The van der Waals surface area contributed by atoms with Gasteiger partial charge in [0.1, 0.15) is 5.75 Å². The summed E-state index contributed by atoms with van der Waals surface area (Å²) < 4.78 is 38.9. The second kappa shape index (κ2) is 6.23. The van der Waals surface area contributed by atoms with Gasteiger partial charge in [0.2, 0.25) is 0 Å². The summed E-state index contributed by atoms with van der Waals surface area (Å²) in [6.45, 7) is 1.47. The van der Waals surface area contributed by atoms with E-state index in [2.05, 4.69) is 31.9 Å². The zero-order chi connectivity index (χ0) is 14.9. The summed E-state index contributed by atoms with van der Waals surface area (Å²) in [7, 11) is 0. The van der Waals surface area contributed by atoms with Crippen molar-refractivity contribution in [1.82, 2.24) is 4.90 Å². The molecule has 20 heavy (non-hydrogen) atoms. The fourth-order valence-corrected chi connectivity index (χ4v) is 3.67. The molecule has 0 atom stereocenters. The van der Waals surface area contributed by atoms with E-state index >= 15 is 0 Å². The SMILES string of the molecule is Oc1c(Br)cc(CN2CCC(C(F)(F)F)CC2)cc1Br. The largest absolute Gasteiger partial charge is 0.506 e. The molecule has 2 nitrogen and oxygen atoms in total. The average Bonchev–Trinajstić information content (AvgIpc) is 2.35. The van der Waals surface area contributed by atoms with Crippen molar-refractivity contribution in [2.24, 2.45) is 5.92 Å². The van der Waals surface area contributed by atoms with Crippen molar-refractivity contribution < 1.29 is 18.3 Å². The fraction of sp³-hybridized carbons (Fsp3) is 0.538. The lowest BCUT2D eigenvalue weighted by Crippen LogP contribution is -2.38. The summed E-state index contributed by atoms with van der Waals surface area (Å²) in [6.07, 6.45) is -3.76. The molecule has 1 aromatic carbocycles. The van der Waals surface area contributed by atoms with E-state index in [0.717, 1.165) is 5.56 Å². The van der Waals surface area contributed by atoms with Crippen LogP contribution in [0.4, 0.5) is 13.2 Å². The van der Waals surface area contributed by atoms with E-state index in [1.165, 1.54) is 0 Å². The van der Waals surface area contributed by atoms with E-state index in [0.29, 0.717) is 28.6 Å². The molecule has 0 spiro atoms. The van der Waals surface area contributed by atoms with Crippen LogP contribution in [0.2, 0.25) is 0 Å². The molecule has 112 valence electrons. The molecule has 0 amide bonds. The Morgan fingerprint density at radius 3 is 2.10 bits per heavy atom. The third kappa shape index (κ3) is 3.89. The second-order valence-electron chi connectivity index (χ2n) is 5.00. The minimum Gasteiger partial charge on any atom is -0.506 e. The molecule has 1 N–H and O–H groups in total. The molecule has 0 radical (unpaired) electrons. The number of alkyl halides is 3. The Hall–Kier alpha value is -0.270. The summed E-state index contributed by atoms with van der Waals surface area (Å²) in [5.41, 5.74) is 0.951. The number of nitrogens with zero attached hydrogens (tertiary/aromatic N) is 1. The van der Waals surface area contributed by atoms with Crippen LogP contribution in [0.1, 0.15) is 18.4 Å². The minimum absolute atomic E-state index is 0.129. The van der Waals surface area contributed by atoms with Crippen LogP contribution in [0, 0.1) is 5.92 Å². The Morgan fingerprint density at radius 2 is 1.65 bits per heavy atom. The Morgan fingerprint density at radius 1 is 1.15 bits per heavy atom. The van der Waals surface area contributed by atoms with Gasteiger partial charge in [-0.2, -0.15) is 13.2 Å². The topological polar surface area (TPSA) is 23.5 Å². The van der Waals surface area contributed by atoms with E-state index in [4.69, 9.17) is 0 Å². The second-order valence-corrected chi connectivity index (χ2v) is 6.71. The van der Waals surface area contributed by atoms with Gasteiger partial charge in [-0.05, 0) is 75.5 Å². The van der Waals surface area contributed by atoms with Crippen LogP contribution < -0.4 is 0 Å². The highest BCUT2D eigenvalue weighted by atomic mass is 79.9. The predicted molar refractivity (Wildman–Crippen MR) is 77.6 cm³/mol. The molecule has 1 heterocycles. The highest BCUT2D eigenvalue weighted by Gasteiger charge is 2.40. The third-order valence-corrected chi connectivity index (χ3v) is 4.74. The predicted octanol–water partition coefficient (Wildman–Crippen LogP) is 4.69. The lowest BCUT2D eigenvalue weighted by Gasteiger charge is -2.32. The summed E-state index contributed by atoms with van der Waals surface area (Å²) in [5, 5.41) is 9.63. The number of hydrogen-bond acceptors (Lipinski definition) is 2. The molecule has 2 rings (SSSR count). The zero-order valence-corrected chi connectivity index (χ0v) is 13.7. The van der Waals surface area contributed by atoms with E-state index in [9.17, 15) is 18.3 Å². The maximum Gasteiger partial charge on any atom is 0.391 e. The number of benzene rings is 1. The van der Waals surface area contributed by atoms with Crippen LogP contribution in [-0.4, -0.2) is 29.3 Å². The normalized spacial score (nSPS) is 18.4. The molecule has 1 aromatic rings. The zero-order valence-electron chi connectivity index (χ0n) is 10.6. The highest BCUT2D eigenvalue weighted by Crippen LogP contribution is 2.36. The van der Waals surface area contributed by atoms with Crippen LogP contribution in [0.3, 0.4) is 0 Å². The summed E-state index contributed by atoms with van der Waals surface area (Å²) in [6, 6.07) is 3.58. The quantitative estimate of drug-likeness (QED) is 0.755. The number of rotatable bonds is 2. The van der Waals surface area contributed by atoms with Gasteiger partial charge in [-0.15, -0.1) is 0 Å². The molecule has 7 heteroatoms. The first kappa shape index (κ1) is 16.1. The molecule has 0 unspecified atom stereocenters. The van der Waals surface area contributed by atoms with Crippen molar-refractivity contribution in [2.75, 3.05) is 13.1 Å². The van der Waals surface area contributed by atoms with Crippen molar-refractivity contribution in [3.05, 3.63) is 26.6 Å². The highest BCUT2D eigenvalue weighted by molar-refractivity contribution is 9.11. The first-order valence-corrected chi connectivity index (χ1v) is 7.82. The van der Waals surface area contributed by atoms with E-state index in [1.54, 1.807) is 12.1 Å². The van der Waals surface area contributed by atoms with E-state index in [-0.39, 0.29) is 18.6 Å². The fourth-order valence-electron chi connectivity index (χ4n) is 2.39. The summed E-state index contributed by atoms with van der Waals surface area (Å²) >= 11 is 6.50. The van der Waals surface area contributed by atoms with E-state index in [1.807, 2.05) is 4.90 Å². The molecule has 1 fully saturated rings. The number of likely N-dealkylation sites (tertiary alicyclic amines) is 1. The Bertz CT molecular complexity index is 462. The molecule has 0 saturated carbocycles. The average molecular weight is 417 g/mol. The van der Waals surface area contributed by atoms with Crippen LogP contribution >= 0.6 is 31.9 Å². The molecular weight excluding hydrogens is 403 g/mol. The molecule has 1 aliphatic rings. The van der Waals surface area contributed by atoms with Gasteiger partial charge < -0.3 is 5.11 Å². The number of phenolic OH excluding ortho intramolecular Hbond substituents is 1. The lowest BCUT2D eigenvalue weighted by molar-refractivity contribution is -0.185. The standard InChI is InChI=1S/C13H14Br2F3NO/c14-10-5-8(6-11(15)12(10)20)7-19-3-1-9(2-4-19)13(16,17)18/h5-6,9,20H,1-4,7H2. The Labute approximate surface area is 132 Å².